The molecule has 0 atom stereocenters. The third kappa shape index (κ3) is 2.43. The molecule has 0 fully saturated rings. The summed E-state index contributed by atoms with van der Waals surface area (Å²) in [5.41, 5.74) is 0.963. The molecule has 0 amide bonds. The summed E-state index contributed by atoms with van der Waals surface area (Å²) in [6.45, 7) is 0.518. The second-order valence-electron chi connectivity index (χ2n) is 3.23. The summed E-state index contributed by atoms with van der Waals surface area (Å²) in [5.74, 6) is -0.114. The van der Waals surface area contributed by atoms with Gasteiger partial charge in [-0.25, -0.2) is 4.68 Å². The number of rotatable bonds is 5. The highest BCUT2D eigenvalue weighted by molar-refractivity contribution is 7.08. The predicted octanol–water partition coefficient (Wildman–Crippen LogP) is 1.27. The normalized spacial score (nSPS) is 10.5. The Morgan fingerprint density at radius 3 is 3.12 bits per heavy atom. The zero-order valence-electron chi connectivity index (χ0n) is 8.41. The van der Waals surface area contributed by atoms with Gasteiger partial charge in [0.2, 0.25) is 0 Å². The minimum atomic E-state index is -0.801. The second kappa shape index (κ2) is 4.84. The van der Waals surface area contributed by atoms with Gasteiger partial charge in [-0.05, 0) is 28.3 Å². The third-order valence-corrected chi connectivity index (χ3v) is 2.76. The number of thiophene rings is 1. The fourth-order valence-corrected chi connectivity index (χ4v) is 1.97. The maximum atomic E-state index is 10.4. The van der Waals surface area contributed by atoms with E-state index in [1.165, 1.54) is 0 Å². The van der Waals surface area contributed by atoms with Crippen molar-refractivity contribution >= 4 is 17.3 Å². The molecule has 2 aromatic rings. The van der Waals surface area contributed by atoms with Crippen LogP contribution in [-0.4, -0.2) is 31.3 Å². The molecule has 2 aromatic heterocycles. The van der Waals surface area contributed by atoms with Crippen LogP contribution in [0.25, 0.3) is 11.4 Å². The Kier molecular flexibility index (Phi) is 3.25. The number of aryl methyl sites for hydroxylation is 1. The van der Waals surface area contributed by atoms with Gasteiger partial charge in [0.25, 0.3) is 0 Å². The van der Waals surface area contributed by atoms with Gasteiger partial charge in [-0.1, -0.05) is 0 Å². The fourth-order valence-electron chi connectivity index (χ4n) is 1.33. The van der Waals surface area contributed by atoms with Gasteiger partial charge in [-0.15, -0.1) is 5.10 Å². The predicted molar refractivity (Wildman–Crippen MR) is 58.0 cm³/mol. The first-order chi connectivity index (χ1) is 7.77. The zero-order valence-corrected chi connectivity index (χ0v) is 9.22. The molecule has 7 heteroatoms. The smallest absolute Gasteiger partial charge is 0.303 e. The van der Waals surface area contributed by atoms with Crippen LogP contribution in [-0.2, 0) is 11.3 Å². The van der Waals surface area contributed by atoms with Crippen LogP contribution in [0.5, 0.6) is 0 Å². The van der Waals surface area contributed by atoms with Crippen molar-refractivity contribution in [2.24, 2.45) is 0 Å². The van der Waals surface area contributed by atoms with Gasteiger partial charge in [0.15, 0.2) is 5.82 Å². The number of aliphatic carboxylic acids is 1. The van der Waals surface area contributed by atoms with Gasteiger partial charge >= 0.3 is 5.97 Å². The minimum Gasteiger partial charge on any atom is -0.481 e. The summed E-state index contributed by atoms with van der Waals surface area (Å²) in [6, 6.07) is 1.93. The standard InChI is InChI=1S/C9H10N4O2S/c14-8(15)2-1-4-13-9(10-11-12-13)7-3-5-16-6-7/h3,5-6H,1-2,4H2,(H,14,15). The highest BCUT2D eigenvalue weighted by atomic mass is 32.1. The molecule has 0 saturated carbocycles. The minimum absolute atomic E-state index is 0.128. The third-order valence-electron chi connectivity index (χ3n) is 2.07. The molecule has 0 aliphatic carbocycles. The topological polar surface area (TPSA) is 80.9 Å². The fraction of sp³-hybridized carbons (Fsp3) is 0.333. The van der Waals surface area contributed by atoms with Gasteiger partial charge in [-0.2, -0.15) is 11.3 Å². The number of carboxylic acids is 1. The van der Waals surface area contributed by atoms with Gasteiger partial charge in [0, 0.05) is 23.9 Å². The summed E-state index contributed by atoms with van der Waals surface area (Å²) in [4.78, 5) is 10.4. The van der Waals surface area contributed by atoms with Crippen LogP contribution in [0.1, 0.15) is 12.8 Å². The molecular formula is C9H10N4O2S. The molecule has 0 bridgehead atoms. The SMILES string of the molecule is O=C(O)CCCn1nnnc1-c1ccsc1. The largest absolute Gasteiger partial charge is 0.481 e. The van der Waals surface area contributed by atoms with E-state index in [1.807, 2.05) is 16.8 Å². The monoisotopic (exact) mass is 238 g/mol. The Morgan fingerprint density at radius 2 is 2.44 bits per heavy atom. The van der Waals surface area contributed by atoms with Crippen molar-refractivity contribution in [1.82, 2.24) is 20.2 Å². The lowest BCUT2D eigenvalue weighted by Crippen LogP contribution is -2.05. The molecule has 0 aliphatic rings. The molecule has 2 rings (SSSR count). The van der Waals surface area contributed by atoms with Crippen LogP contribution in [0.4, 0.5) is 0 Å². The van der Waals surface area contributed by atoms with E-state index in [0.29, 0.717) is 18.8 Å². The van der Waals surface area contributed by atoms with Crippen molar-refractivity contribution < 1.29 is 9.90 Å². The van der Waals surface area contributed by atoms with Crippen LogP contribution >= 0.6 is 11.3 Å². The van der Waals surface area contributed by atoms with E-state index >= 15 is 0 Å². The number of carboxylic acid groups (broad SMARTS) is 1. The summed E-state index contributed by atoms with van der Waals surface area (Å²) >= 11 is 1.57. The molecule has 2 heterocycles. The molecular weight excluding hydrogens is 228 g/mol. The summed E-state index contributed by atoms with van der Waals surface area (Å²) < 4.78 is 1.63. The van der Waals surface area contributed by atoms with Crippen LogP contribution in [0.15, 0.2) is 16.8 Å². The first-order valence-electron chi connectivity index (χ1n) is 4.78. The van der Waals surface area contributed by atoms with Crippen molar-refractivity contribution in [3.8, 4) is 11.4 Å². The van der Waals surface area contributed by atoms with Gasteiger partial charge in [0.05, 0.1) is 0 Å². The maximum Gasteiger partial charge on any atom is 0.303 e. The molecule has 0 aliphatic heterocycles. The maximum absolute atomic E-state index is 10.4. The van der Waals surface area contributed by atoms with E-state index in [-0.39, 0.29) is 6.42 Å². The zero-order chi connectivity index (χ0) is 11.4. The second-order valence-corrected chi connectivity index (χ2v) is 4.01. The highest BCUT2D eigenvalue weighted by Gasteiger charge is 2.09. The van der Waals surface area contributed by atoms with Gasteiger partial charge < -0.3 is 5.11 Å². The Bertz CT molecular complexity index is 466. The summed E-state index contributed by atoms with van der Waals surface area (Å²) in [5, 5.41) is 23.8. The molecule has 16 heavy (non-hydrogen) atoms. The van der Waals surface area contributed by atoms with E-state index < -0.39 is 5.97 Å². The number of aromatic nitrogens is 4. The molecule has 0 unspecified atom stereocenters. The number of hydrogen-bond acceptors (Lipinski definition) is 5. The number of carbonyl (C=O) groups is 1. The van der Waals surface area contributed by atoms with E-state index in [1.54, 1.807) is 16.0 Å². The Labute approximate surface area is 95.5 Å². The van der Waals surface area contributed by atoms with Crippen molar-refractivity contribution in [3.63, 3.8) is 0 Å². The van der Waals surface area contributed by atoms with Crippen molar-refractivity contribution in [1.29, 1.82) is 0 Å². The number of hydrogen-bond donors (Lipinski definition) is 1. The average Bonchev–Trinajstić information content (AvgIpc) is 2.84. The molecule has 0 saturated heterocycles. The van der Waals surface area contributed by atoms with Crippen molar-refractivity contribution in [3.05, 3.63) is 16.8 Å². The van der Waals surface area contributed by atoms with E-state index in [2.05, 4.69) is 15.5 Å². The van der Waals surface area contributed by atoms with Gasteiger partial charge in [-0.3, -0.25) is 4.79 Å². The first-order valence-corrected chi connectivity index (χ1v) is 5.72. The van der Waals surface area contributed by atoms with Crippen molar-refractivity contribution in [2.45, 2.75) is 19.4 Å². The van der Waals surface area contributed by atoms with Crippen LogP contribution in [0.2, 0.25) is 0 Å². The molecule has 0 aromatic carbocycles. The quantitative estimate of drug-likeness (QED) is 0.848. The Hall–Kier alpha value is -1.76. The summed E-state index contributed by atoms with van der Waals surface area (Å²) in [7, 11) is 0. The molecule has 1 N–H and O–H groups in total. The molecule has 84 valence electrons. The van der Waals surface area contributed by atoms with E-state index in [4.69, 9.17) is 5.11 Å². The average molecular weight is 238 g/mol. The lowest BCUT2D eigenvalue weighted by atomic mass is 10.3. The number of tetrazole rings is 1. The van der Waals surface area contributed by atoms with Crippen LogP contribution in [0, 0.1) is 0 Å². The van der Waals surface area contributed by atoms with E-state index in [0.717, 1.165) is 5.56 Å². The van der Waals surface area contributed by atoms with E-state index in [9.17, 15) is 4.79 Å². The summed E-state index contributed by atoms with van der Waals surface area (Å²) in [6.07, 6.45) is 0.653. The van der Waals surface area contributed by atoms with Crippen LogP contribution < -0.4 is 0 Å². The van der Waals surface area contributed by atoms with Crippen molar-refractivity contribution in [2.75, 3.05) is 0 Å². The number of nitrogens with zero attached hydrogens (tertiary/aromatic N) is 4. The lowest BCUT2D eigenvalue weighted by molar-refractivity contribution is -0.137. The highest BCUT2D eigenvalue weighted by Crippen LogP contribution is 2.18. The molecule has 0 radical (unpaired) electrons. The Balaban J connectivity index is 2.05. The lowest BCUT2D eigenvalue weighted by Gasteiger charge is -2.01. The first kappa shape index (κ1) is 10.7. The van der Waals surface area contributed by atoms with Gasteiger partial charge in [0.1, 0.15) is 0 Å². The Morgan fingerprint density at radius 1 is 1.56 bits per heavy atom. The van der Waals surface area contributed by atoms with Crippen LogP contribution in [0.3, 0.4) is 0 Å². The molecule has 0 spiro atoms. The molecule has 6 nitrogen and oxygen atoms in total.